The zero-order valence-corrected chi connectivity index (χ0v) is 15.7. The molecule has 0 spiro atoms. The molecule has 2 N–H and O–H groups in total. The van der Waals surface area contributed by atoms with Crippen LogP contribution in [-0.4, -0.2) is 23.6 Å². The number of nitrogens with zero attached hydrogens (tertiary/aromatic N) is 1. The predicted octanol–water partition coefficient (Wildman–Crippen LogP) is 4.16. The molecule has 7 heteroatoms. The Morgan fingerprint density at radius 3 is 2.65 bits per heavy atom. The lowest BCUT2D eigenvalue weighted by Gasteiger charge is -2.07. The van der Waals surface area contributed by atoms with Gasteiger partial charge in [0.15, 0.2) is 5.13 Å². The van der Waals surface area contributed by atoms with Crippen molar-refractivity contribution in [2.24, 2.45) is 0 Å². The summed E-state index contributed by atoms with van der Waals surface area (Å²) in [7, 11) is 0. The maximum Gasteiger partial charge on any atom is 0.325 e. The number of nitrogens with one attached hydrogen (secondary N) is 2. The van der Waals surface area contributed by atoms with E-state index in [1.165, 1.54) is 24.1 Å². The second-order valence-electron chi connectivity index (χ2n) is 6.21. The largest absolute Gasteiger partial charge is 0.466 e. The number of aromatic nitrogens is 1. The van der Waals surface area contributed by atoms with Crippen molar-refractivity contribution in [2.75, 3.05) is 17.2 Å². The quantitative estimate of drug-likeness (QED) is 0.609. The molecule has 1 aromatic carbocycles. The van der Waals surface area contributed by atoms with Crippen molar-refractivity contribution in [2.45, 2.75) is 45.4 Å². The topological polar surface area (TPSA) is 80.3 Å². The van der Waals surface area contributed by atoms with Crippen molar-refractivity contribution in [3.8, 4) is 0 Å². The Balaban J connectivity index is 1.54. The number of hydrogen-bond donors (Lipinski definition) is 2. The number of rotatable bonds is 5. The summed E-state index contributed by atoms with van der Waals surface area (Å²) in [5.41, 5.74) is 2.64. The van der Waals surface area contributed by atoms with E-state index in [2.05, 4.69) is 15.6 Å². The molecule has 0 atom stereocenters. The van der Waals surface area contributed by atoms with E-state index < -0.39 is 0 Å². The summed E-state index contributed by atoms with van der Waals surface area (Å²) < 4.78 is 4.92. The molecule has 0 saturated heterocycles. The number of anilines is 2. The second kappa shape index (κ2) is 8.80. The molecule has 0 aliphatic heterocycles. The first-order valence-electron chi connectivity index (χ1n) is 8.95. The molecule has 3 rings (SSSR count). The minimum atomic E-state index is -0.313. The van der Waals surface area contributed by atoms with Crippen LogP contribution in [0, 0.1) is 0 Å². The van der Waals surface area contributed by atoms with E-state index in [0.717, 1.165) is 24.1 Å². The molecule has 0 bridgehead atoms. The molecule has 2 amide bonds. The lowest BCUT2D eigenvalue weighted by Crippen LogP contribution is -2.19. The Morgan fingerprint density at radius 2 is 1.88 bits per heavy atom. The SMILES string of the molecule is CCOC(=O)Cc1ccc(NC(=O)Nc2nc3c(s2)CCCCC3)cc1. The summed E-state index contributed by atoms with van der Waals surface area (Å²) in [5.74, 6) is -0.255. The van der Waals surface area contributed by atoms with Crippen LogP contribution in [0.1, 0.15) is 42.3 Å². The Bertz CT molecular complexity index is 747. The van der Waals surface area contributed by atoms with Gasteiger partial charge in [-0.3, -0.25) is 10.1 Å². The van der Waals surface area contributed by atoms with E-state index in [9.17, 15) is 9.59 Å². The number of ether oxygens (including phenoxy) is 1. The van der Waals surface area contributed by atoms with Crippen molar-refractivity contribution < 1.29 is 14.3 Å². The van der Waals surface area contributed by atoms with Crippen LogP contribution in [0.4, 0.5) is 15.6 Å². The van der Waals surface area contributed by atoms with Crippen molar-refractivity contribution in [3.63, 3.8) is 0 Å². The van der Waals surface area contributed by atoms with Crippen LogP contribution in [0.25, 0.3) is 0 Å². The van der Waals surface area contributed by atoms with Crippen molar-refractivity contribution >= 4 is 34.2 Å². The summed E-state index contributed by atoms with van der Waals surface area (Å²) in [6.07, 6.45) is 5.89. The second-order valence-corrected chi connectivity index (χ2v) is 7.29. The third-order valence-electron chi connectivity index (χ3n) is 4.18. The molecule has 6 nitrogen and oxygen atoms in total. The third kappa shape index (κ3) is 5.05. The maximum atomic E-state index is 12.2. The van der Waals surface area contributed by atoms with Gasteiger partial charge >= 0.3 is 12.0 Å². The minimum Gasteiger partial charge on any atom is -0.466 e. The summed E-state index contributed by atoms with van der Waals surface area (Å²) in [4.78, 5) is 29.5. The van der Waals surface area contributed by atoms with Gasteiger partial charge in [0.25, 0.3) is 0 Å². The minimum absolute atomic E-state index is 0.227. The van der Waals surface area contributed by atoms with Gasteiger partial charge in [0.2, 0.25) is 0 Å². The number of urea groups is 1. The molecular formula is C19H23N3O3S. The third-order valence-corrected chi connectivity index (χ3v) is 5.25. The van der Waals surface area contributed by atoms with Crippen LogP contribution in [-0.2, 0) is 28.8 Å². The van der Waals surface area contributed by atoms with E-state index in [1.807, 2.05) is 0 Å². The molecule has 0 unspecified atom stereocenters. The number of carbonyl (C=O) groups excluding carboxylic acids is 2. The molecule has 26 heavy (non-hydrogen) atoms. The first-order chi connectivity index (χ1) is 12.6. The first kappa shape index (κ1) is 18.4. The predicted molar refractivity (Wildman–Crippen MR) is 103 cm³/mol. The van der Waals surface area contributed by atoms with E-state index in [1.54, 1.807) is 42.5 Å². The number of thiazole rings is 1. The first-order valence-corrected chi connectivity index (χ1v) is 9.77. The van der Waals surface area contributed by atoms with Gasteiger partial charge < -0.3 is 10.1 Å². The highest BCUT2D eigenvalue weighted by Gasteiger charge is 2.15. The van der Waals surface area contributed by atoms with Crippen LogP contribution >= 0.6 is 11.3 Å². The summed E-state index contributed by atoms with van der Waals surface area (Å²) in [5, 5.41) is 6.25. The van der Waals surface area contributed by atoms with Gasteiger partial charge in [-0.25, -0.2) is 9.78 Å². The molecular weight excluding hydrogens is 350 g/mol. The zero-order valence-electron chi connectivity index (χ0n) is 14.8. The molecule has 1 heterocycles. The van der Waals surface area contributed by atoms with E-state index in [0.29, 0.717) is 17.4 Å². The Labute approximate surface area is 157 Å². The molecule has 0 radical (unpaired) electrons. The van der Waals surface area contributed by atoms with Gasteiger partial charge in [0, 0.05) is 10.6 Å². The number of hydrogen-bond acceptors (Lipinski definition) is 5. The molecule has 2 aromatic rings. The molecule has 1 aliphatic rings. The number of esters is 1. The van der Waals surface area contributed by atoms with Gasteiger partial charge in [-0.2, -0.15) is 0 Å². The van der Waals surface area contributed by atoms with Crippen LogP contribution in [0.3, 0.4) is 0 Å². The Kier molecular flexibility index (Phi) is 6.22. The van der Waals surface area contributed by atoms with Crippen molar-refractivity contribution in [3.05, 3.63) is 40.4 Å². The molecule has 1 aromatic heterocycles. The number of fused-ring (bicyclic) bond motifs is 1. The summed E-state index contributed by atoms with van der Waals surface area (Å²) in [6.45, 7) is 2.16. The zero-order chi connectivity index (χ0) is 18.4. The van der Waals surface area contributed by atoms with E-state index in [4.69, 9.17) is 4.74 Å². The normalized spacial score (nSPS) is 13.4. The van der Waals surface area contributed by atoms with Crippen LogP contribution < -0.4 is 10.6 Å². The van der Waals surface area contributed by atoms with Crippen LogP contribution in [0.15, 0.2) is 24.3 Å². The van der Waals surface area contributed by atoms with Crippen molar-refractivity contribution in [1.82, 2.24) is 4.98 Å². The highest BCUT2D eigenvalue weighted by molar-refractivity contribution is 7.15. The highest BCUT2D eigenvalue weighted by atomic mass is 32.1. The summed E-state index contributed by atoms with van der Waals surface area (Å²) in [6, 6.07) is 6.83. The molecule has 0 fully saturated rings. The number of amides is 2. The number of benzene rings is 1. The fourth-order valence-electron chi connectivity index (χ4n) is 2.93. The molecule has 0 saturated carbocycles. The lowest BCUT2D eigenvalue weighted by atomic mass is 10.1. The van der Waals surface area contributed by atoms with Crippen LogP contribution in [0.5, 0.6) is 0 Å². The highest BCUT2D eigenvalue weighted by Crippen LogP contribution is 2.29. The van der Waals surface area contributed by atoms with Crippen LogP contribution in [0.2, 0.25) is 0 Å². The average Bonchev–Trinajstić information content (AvgIpc) is 2.85. The standard InChI is InChI=1S/C19H23N3O3S/c1-2-25-17(23)12-13-8-10-14(11-9-13)20-18(24)22-19-21-15-6-4-3-5-7-16(15)26-19/h8-11H,2-7,12H2,1H3,(H2,20,21,22,24). The monoisotopic (exact) mass is 373 g/mol. The molecule has 1 aliphatic carbocycles. The Morgan fingerprint density at radius 1 is 1.12 bits per heavy atom. The van der Waals surface area contributed by atoms with Gasteiger partial charge in [0.05, 0.1) is 18.7 Å². The number of carbonyl (C=O) groups is 2. The molecule has 138 valence electrons. The van der Waals surface area contributed by atoms with Gasteiger partial charge in [-0.15, -0.1) is 11.3 Å². The summed E-state index contributed by atoms with van der Waals surface area (Å²) >= 11 is 1.57. The Hall–Kier alpha value is -2.41. The fourth-order valence-corrected chi connectivity index (χ4v) is 3.97. The van der Waals surface area contributed by atoms with E-state index >= 15 is 0 Å². The van der Waals surface area contributed by atoms with E-state index in [-0.39, 0.29) is 18.4 Å². The van der Waals surface area contributed by atoms with Crippen molar-refractivity contribution in [1.29, 1.82) is 0 Å². The van der Waals surface area contributed by atoms with Gasteiger partial charge in [-0.05, 0) is 50.3 Å². The fraction of sp³-hybridized carbons (Fsp3) is 0.421. The smallest absolute Gasteiger partial charge is 0.325 e. The average molecular weight is 373 g/mol. The van der Waals surface area contributed by atoms with Gasteiger partial charge in [0.1, 0.15) is 0 Å². The van der Waals surface area contributed by atoms with Gasteiger partial charge in [-0.1, -0.05) is 18.6 Å². The number of aryl methyl sites for hydroxylation is 2. The maximum absolute atomic E-state index is 12.2. The lowest BCUT2D eigenvalue weighted by molar-refractivity contribution is -0.142.